The van der Waals surface area contributed by atoms with Crippen molar-refractivity contribution in [3.05, 3.63) is 57.6 Å². The van der Waals surface area contributed by atoms with Gasteiger partial charge in [-0.15, -0.1) is 0 Å². The van der Waals surface area contributed by atoms with Crippen LogP contribution in [0.2, 0.25) is 10.0 Å². The second kappa shape index (κ2) is 11.4. The summed E-state index contributed by atoms with van der Waals surface area (Å²) in [5.41, 5.74) is 1.27. The molecule has 0 spiro atoms. The van der Waals surface area contributed by atoms with Gasteiger partial charge in [0.2, 0.25) is 0 Å². The summed E-state index contributed by atoms with van der Waals surface area (Å²) < 4.78 is 11.4. The van der Waals surface area contributed by atoms with Gasteiger partial charge >= 0.3 is 0 Å². The first kappa shape index (κ1) is 24.2. The van der Waals surface area contributed by atoms with Crippen LogP contribution >= 0.6 is 23.2 Å². The van der Waals surface area contributed by atoms with E-state index in [1.54, 1.807) is 30.3 Å². The van der Waals surface area contributed by atoms with E-state index in [1.807, 2.05) is 24.8 Å². The fourth-order valence-electron chi connectivity index (χ4n) is 3.56. The fraction of sp³-hybridized carbons (Fsp3) is 0.417. The van der Waals surface area contributed by atoms with Crippen LogP contribution in [0.4, 0.5) is 0 Å². The minimum absolute atomic E-state index is 0.0376. The summed E-state index contributed by atoms with van der Waals surface area (Å²) in [5.74, 6) is 0.560. The third-order valence-electron chi connectivity index (χ3n) is 5.36. The Morgan fingerprint density at radius 3 is 2.44 bits per heavy atom. The molecule has 2 aromatic rings. The maximum absolute atomic E-state index is 12.8. The zero-order valence-electron chi connectivity index (χ0n) is 18.3. The van der Waals surface area contributed by atoms with Crippen LogP contribution in [0.1, 0.15) is 55.1 Å². The van der Waals surface area contributed by atoms with Gasteiger partial charge in [-0.2, -0.15) is 0 Å². The maximum Gasteiger partial charge on any atom is 0.260 e. The molecule has 1 atom stereocenters. The molecule has 0 saturated carbocycles. The number of nitrogens with zero attached hydrogens (tertiary/aromatic N) is 1. The number of benzene rings is 2. The van der Waals surface area contributed by atoms with Crippen LogP contribution < -0.4 is 14.8 Å². The van der Waals surface area contributed by atoms with Crippen molar-refractivity contribution >= 4 is 35.0 Å². The molecule has 3 rings (SSSR count). The van der Waals surface area contributed by atoms with Gasteiger partial charge in [0.25, 0.3) is 11.8 Å². The van der Waals surface area contributed by atoms with Crippen LogP contribution in [-0.2, 0) is 4.79 Å². The topological polar surface area (TPSA) is 67.9 Å². The molecular formula is C24H28Cl2N2O4. The molecule has 8 heteroatoms. The van der Waals surface area contributed by atoms with Crippen molar-refractivity contribution in [1.82, 2.24) is 10.2 Å². The zero-order valence-corrected chi connectivity index (χ0v) is 19.8. The lowest BCUT2D eigenvalue weighted by molar-refractivity contribution is -0.134. The summed E-state index contributed by atoms with van der Waals surface area (Å²) in [6.45, 7) is 5.61. The molecule has 1 unspecified atom stereocenters. The molecule has 172 valence electrons. The molecule has 0 aliphatic carbocycles. The highest BCUT2D eigenvalue weighted by molar-refractivity contribution is 6.42. The Hall–Kier alpha value is -2.44. The van der Waals surface area contributed by atoms with E-state index >= 15 is 0 Å². The lowest BCUT2D eigenvalue weighted by atomic mass is 10.1. The van der Waals surface area contributed by atoms with E-state index in [1.165, 1.54) is 0 Å². The maximum atomic E-state index is 12.8. The van der Waals surface area contributed by atoms with Crippen molar-refractivity contribution in [3.63, 3.8) is 0 Å². The lowest BCUT2D eigenvalue weighted by Gasteiger charge is -2.26. The fourth-order valence-corrected chi connectivity index (χ4v) is 3.86. The number of carbonyl (C=O) groups is 2. The number of halogens is 2. The number of ether oxygens (including phenoxy) is 2. The van der Waals surface area contributed by atoms with Crippen molar-refractivity contribution in [2.45, 2.75) is 39.2 Å². The summed E-state index contributed by atoms with van der Waals surface area (Å²) in [7, 11) is 0. The molecule has 0 aromatic heterocycles. The first-order valence-electron chi connectivity index (χ1n) is 10.8. The predicted molar refractivity (Wildman–Crippen MR) is 126 cm³/mol. The molecule has 1 N–H and O–H groups in total. The van der Waals surface area contributed by atoms with Gasteiger partial charge in [0.1, 0.15) is 0 Å². The Balaban J connectivity index is 1.66. The minimum Gasteiger partial charge on any atom is -0.490 e. The molecule has 0 bridgehead atoms. The highest BCUT2D eigenvalue weighted by Gasteiger charge is 2.19. The van der Waals surface area contributed by atoms with Crippen LogP contribution in [0.15, 0.2) is 36.4 Å². The van der Waals surface area contributed by atoms with Gasteiger partial charge in [-0.3, -0.25) is 9.59 Å². The first-order valence-corrected chi connectivity index (χ1v) is 11.6. The molecule has 1 aliphatic rings. The Kier molecular flexibility index (Phi) is 8.65. The SMILES string of the molecule is CCOc1cc(C(=O)NC(C)c2ccc(Cl)c(Cl)c2)ccc1OCC(=O)N1CCCCC1. The molecule has 6 nitrogen and oxygen atoms in total. The van der Waals surface area contributed by atoms with Crippen molar-refractivity contribution < 1.29 is 19.1 Å². The highest BCUT2D eigenvalue weighted by Crippen LogP contribution is 2.30. The smallest absolute Gasteiger partial charge is 0.260 e. The van der Waals surface area contributed by atoms with Crippen molar-refractivity contribution in [1.29, 1.82) is 0 Å². The van der Waals surface area contributed by atoms with Crippen LogP contribution in [0.3, 0.4) is 0 Å². The van der Waals surface area contributed by atoms with Crippen LogP contribution in [0.25, 0.3) is 0 Å². The third kappa shape index (κ3) is 6.30. The molecule has 1 saturated heterocycles. The molecule has 0 radical (unpaired) electrons. The number of piperidine rings is 1. The quantitative estimate of drug-likeness (QED) is 0.560. The average molecular weight is 479 g/mol. The average Bonchev–Trinajstić information content (AvgIpc) is 2.80. The van der Waals surface area contributed by atoms with Gasteiger partial charge in [0.05, 0.1) is 22.7 Å². The van der Waals surface area contributed by atoms with E-state index < -0.39 is 0 Å². The number of hydrogen-bond acceptors (Lipinski definition) is 4. The molecule has 32 heavy (non-hydrogen) atoms. The van der Waals surface area contributed by atoms with Crippen molar-refractivity contribution in [2.75, 3.05) is 26.3 Å². The summed E-state index contributed by atoms with van der Waals surface area (Å²) in [6.07, 6.45) is 3.22. The van der Waals surface area contributed by atoms with Gasteiger partial charge in [0, 0.05) is 18.7 Å². The number of hydrogen-bond donors (Lipinski definition) is 1. The minimum atomic E-state index is -0.272. The highest BCUT2D eigenvalue weighted by atomic mass is 35.5. The summed E-state index contributed by atoms with van der Waals surface area (Å²) in [5, 5.41) is 3.84. The van der Waals surface area contributed by atoms with Gasteiger partial charge in [-0.25, -0.2) is 0 Å². The van der Waals surface area contributed by atoms with Crippen LogP contribution in [0.5, 0.6) is 11.5 Å². The van der Waals surface area contributed by atoms with E-state index in [4.69, 9.17) is 32.7 Å². The molecule has 2 aromatic carbocycles. The van der Waals surface area contributed by atoms with Crippen LogP contribution in [-0.4, -0.2) is 43.0 Å². The predicted octanol–water partition coefficient (Wildman–Crippen LogP) is 5.27. The standard InChI is InChI=1S/C24H28Cl2N2O4/c1-3-31-22-14-18(24(30)27-16(2)17-7-9-19(25)20(26)13-17)8-10-21(22)32-15-23(29)28-11-5-4-6-12-28/h7-10,13-14,16H,3-6,11-12,15H2,1-2H3,(H,27,30). The number of carbonyl (C=O) groups excluding carboxylic acids is 2. The number of likely N-dealkylation sites (tertiary alicyclic amines) is 1. The van der Waals surface area contributed by atoms with Gasteiger partial charge in [-0.05, 0) is 69.0 Å². The Bertz CT molecular complexity index is 961. The van der Waals surface area contributed by atoms with Crippen molar-refractivity contribution in [3.8, 4) is 11.5 Å². The summed E-state index contributed by atoms with van der Waals surface area (Å²) >= 11 is 12.1. The molecular weight excluding hydrogens is 451 g/mol. The third-order valence-corrected chi connectivity index (χ3v) is 6.10. The zero-order chi connectivity index (χ0) is 23.1. The molecule has 2 amide bonds. The second-order valence-electron chi connectivity index (χ2n) is 7.69. The number of rotatable bonds is 8. The number of nitrogens with one attached hydrogen (secondary N) is 1. The summed E-state index contributed by atoms with van der Waals surface area (Å²) in [4.78, 5) is 27.0. The monoisotopic (exact) mass is 478 g/mol. The van der Waals surface area contributed by atoms with E-state index in [9.17, 15) is 9.59 Å². The van der Waals surface area contributed by atoms with E-state index in [2.05, 4.69) is 5.32 Å². The molecule has 1 fully saturated rings. The van der Waals surface area contributed by atoms with Crippen LogP contribution in [0, 0.1) is 0 Å². The van der Waals surface area contributed by atoms with E-state index in [0.29, 0.717) is 33.7 Å². The van der Waals surface area contributed by atoms with Crippen molar-refractivity contribution in [2.24, 2.45) is 0 Å². The van der Waals surface area contributed by atoms with Gasteiger partial charge < -0.3 is 19.7 Å². The Morgan fingerprint density at radius 1 is 1.00 bits per heavy atom. The second-order valence-corrected chi connectivity index (χ2v) is 8.51. The number of amides is 2. The van der Waals surface area contributed by atoms with E-state index in [-0.39, 0.29) is 24.5 Å². The summed E-state index contributed by atoms with van der Waals surface area (Å²) in [6, 6.07) is 9.92. The first-order chi connectivity index (χ1) is 15.4. The Morgan fingerprint density at radius 2 is 1.75 bits per heavy atom. The van der Waals surface area contributed by atoms with E-state index in [0.717, 1.165) is 37.9 Å². The van der Waals surface area contributed by atoms with Gasteiger partial charge in [-0.1, -0.05) is 29.3 Å². The largest absolute Gasteiger partial charge is 0.490 e. The Labute approximate surface area is 198 Å². The molecule has 1 aliphatic heterocycles. The lowest BCUT2D eigenvalue weighted by Crippen LogP contribution is -2.38. The molecule has 1 heterocycles. The van der Waals surface area contributed by atoms with Gasteiger partial charge in [0.15, 0.2) is 18.1 Å². The normalized spacial score (nSPS) is 14.6.